The number of carboxylic acids is 1. The van der Waals surface area contributed by atoms with Gasteiger partial charge in [-0.15, -0.1) is 11.3 Å². The van der Waals surface area contributed by atoms with Gasteiger partial charge in [-0.25, -0.2) is 4.79 Å². The Morgan fingerprint density at radius 1 is 1.24 bits per heavy atom. The first kappa shape index (κ1) is 20.8. The van der Waals surface area contributed by atoms with Crippen LogP contribution in [0.15, 0.2) is 52.9 Å². The largest absolute Gasteiger partial charge is 0.506 e. The number of halogens is 1. The molecule has 4 N–H and O–H groups in total. The Bertz CT molecular complexity index is 1090. The van der Waals surface area contributed by atoms with Gasteiger partial charge in [-0.1, -0.05) is 17.7 Å². The number of benzene rings is 2. The van der Waals surface area contributed by atoms with Gasteiger partial charge >= 0.3 is 5.97 Å². The van der Waals surface area contributed by atoms with Crippen molar-refractivity contribution < 1.29 is 15.0 Å². The van der Waals surface area contributed by atoms with Crippen molar-refractivity contribution >= 4 is 58.1 Å². The Labute approximate surface area is 181 Å². The number of anilines is 1. The van der Waals surface area contributed by atoms with Gasteiger partial charge in [0.25, 0.3) is 0 Å². The average molecular weight is 446 g/mol. The lowest BCUT2D eigenvalue weighted by Crippen LogP contribution is -2.23. The van der Waals surface area contributed by atoms with Crippen molar-refractivity contribution in [3.63, 3.8) is 0 Å². The zero-order valence-corrected chi connectivity index (χ0v) is 17.5. The van der Waals surface area contributed by atoms with Crippen molar-refractivity contribution in [2.45, 2.75) is 6.92 Å². The van der Waals surface area contributed by atoms with Gasteiger partial charge in [-0.05, 0) is 66.7 Å². The number of carbonyl (C=O) groups is 1. The topological polar surface area (TPSA) is 94.0 Å². The third-order valence-electron chi connectivity index (χ3n) is 3.97. The molecule has 0 aliphatic rings. The molecule has 0 saturated heterocycles. The first-order chi connectivity index (χ1) is 13.8. The number of hydrogen-bond acceptors (Lipinski definition) is 5. The second-order valence-electron chi connectivity index (χ2n) is 6.04. The third-order valence-corrected chi connectivity index (χ3v) is 5.63. The highest BCUT2D eigenvalue weighted by atomic mass is 35.5. The number of nitrogens with one attached hydrogen (secondary N) is 2. The predicted molar refractivity (Wildman–Crippen MR) is 122 cm³/mol. The Hall–Kier alpha value is -2.94. The van der Waals surface area contributed by atoms with Gasteiger partial charge in [-0.2, -0.15) is 5.10 Å². The lowest BCUT2D eigenvalue weighted by molar-refractivity contribution is 0.0697. The van der Waals surface area contributed by atoms with Crippen LogP contribution in [-0.4, -0.2) is 27.5 Å². The van der Waals surface area contributed by atoms with Crippen molar-refractivity contribution in [1.82, 2.24) is 5.43 Å². The molecule has 0 aliphatic carbocycles. The zero-order chi connectivity index (χ0) is 21.0. The lowest BCUT2D eigenvalue weighted by Gasteiger charge is -2.07. The van der Waals surface area contributed by atoms with Gasteiger partial charge < -0.3 is 15.5 Å². The Morgan fingerprint density at radius 2 is 1.97 bits per heavy atom. The molecular weight excluding hydrogens is 430 g/mol. The molecule has 6 nitrogen and oxygen atoms in total. The molecule has 3 rings (SSSR count). The molecule has 0 bridgehead atoms. The minimum absolute atomic E-state index is 0.130. The van der Waals surface area contributed by atoms with Crippen molar-refractivity contribution in [3.05, 3.63) is 69.6 Å². The number of aromatic carboxylic acids is 1. The number of carboxylic acid groups (broad SMARTS) is 1. The summed E-state index contributed by atoms with van der Waals surface area (Å²) in [7, 11) is 0. The molecule has 0 spiro atoms. The summed E-state index contributed by atoms with van der Waals surface area (Å²) in [6.07, 6.45) is 1.47. The third kappa shape index (κ3) is 5.11. The molecule has 148 valence electrons. The number of hydrazone groups is 1. The normalized spacial score (nSPS) is 10.8. The molecule has 0 unspecified atom stereocenters. The predicted octanol–water partition coefficient (Wildman–Crippen LogP) is 5.10. The Kier molecular flexibility index (Phi) is 6.48. The van der Waals surface area contributed by atoms with E-state index in [1.165, 1.54) is 29.7 Å². The van der Waals surface area contributed by atoms with Crippen LogP contribution in [0.5, 0.6) is 5.75 Å². The fourth-order valence-corrected chi connectivity index (χ4v) is 3.66. The summed E-state index contributed by atoms with van der Waals surface area (Å²) in [6.45, 7) is 1.91. The van der Waals surface area contributed by atoms with Crippen molar-refractivity contribution in [2.75, 3.05) is 5.32 Å². The molecule has 9 heteroatoms. The molecule has 1 heterocycles. The van der Waals surface area contributed by atoms with Crippen LogP contribution in [0.2, 0.25) is 5.02 Å². The summed E-state index contributed by atoms with van der Waals surface area (Å²) in [6, 6.07) is 11.7. The highest BCUT2D eigenvalue weighted by Gasteiger charge is 2.12. The van der Waals surface area contributed by atoms with Gasteiger partial charge in [0.15, 0.2) is 5.11 Å². The number of thiocarbonyl (C=S) groups is 1. The van der Waals surface area contributed by atoms with E-state index in [1.54, 1.807) is 23.6 Å². The van der Waals surface area contributed by atoms with Gasteiger partial charge in [0, 0.05) is 21.7 Å². The molecule has 0 saturated carbocycles. The quantitative estimate of drug-likeness (QED) is 0.248. The minimum atomic E-state index is -0.995. The van der Waals surface area contributed by atoms with Crippen molar-refractivity contribution in [3.8, 4) is 16.2 Å². The highest BCUT2D eigenvalue weighted by Crippen LogP contribution is 2.38. The number of thiophene rings is 1. The van der Waals surface area contributed by atoms with E-state index in [9.17, 15) is 9.90 Å². The maximum absolute atomic E-state index is 10.9. The van der Waals surface area contributed by atoms with E-state index in [2.05, 4.69) is 15.8 Å². The van der Waals surface area contributed by atoms with E-state index in [0.717, 1.165) is 16.0 Å². The molecule has 0 atom stereocenters. The summed E-state index contributed by atoms with van der Waals surface area (Å²) >= 11 is 12.6. The van der Waals surface area contributed by atoms with E-state index >= 15 is 0 Å². The van der Waals surface area contributed by atoms with E-state index in [-0.39, 0.29) is 16.4 Å². The van der Waals surface area contributed by atoms with Crippen LogP contribution in [0.4, 0.5) is 5.69 Å². The summed E-state index contributed by atoms with van der Waals surface area (Å²) in [5, 5.41) is 29.0. The second-order valence-corrected chi connectivity index (χ2v) is 7.73. The fourth-order valence-electron chi connectivity index (χ4n) is 2.46. The SMILES string of the molecule is Cc1cc(-c2scc(/C=N/NC(=S)Nc3ccc(C(=O)O)cc3)c2O)ccc1Cl. The molecule has 0 amide bonds. The second kappa shape index (κ2) is 9.04. The van der Waals surface area contributed by atoms with E-state index in [4.69, 9.17) is 28.9 Å². The molecule has 29 heavy (non-hydrogen) atoms. The Balaban J connectivity index is 1.63. The maximum atomic E-state index is 10.9. The van der Waals surface area contributed by atoms with Gasteiger partial charge in [0.2, 0.25) is 0 Å². The van der Waals surface area contributed by atoms with Gasteiger partial charge in [-0.3, -0.25) is 5.43 Å². The lowest BCUT2D eigenvalue weighted by atomic mass is 10.1. The molecule has 0 aliphatic heterocycles. The first-order valence-corrected chi connectivity index (χ1v) is 10.0. The average Bonchev–Trinajstić information content (AvgIpc) is 3.05. The van der Waals surface area contributed by atoms with Crippen molar-refractivity contribution in [2.24, 2.45) is 5.10 Å². The maximum Gasteiger partial charge on any atom is 0.335 e. The van der Waals surface area contributed by atoms with Gasteiger partial charge in [0.1, 0.15) is 5.75 Å². The van der Waals surface area contributed by atoms with Crippen LogP contribution in [0.1, 0.15) is 21.5 Å². The molecule has 0 radical (unpaired) electrons. The summed E-state index contributed by atoms with van der Waals surface area (Å²) in [4.78, 5) is 11.6. The van der Waals surface area contributed by atoms with E-state index < -0.39 is 5.97 Å². The summed E-state index contributed by atoms with van der Waals surface area (Å²) in [5.41, 5.74) is 5.84. The van der Waals surface area contributed by atoms with Crippen LogP contribution in [0, 0.1) is 6.92 Å². The van der Waals surface area contributed by atoms with E-state index in [0.29, 0.717) is 16.3 Å². The number of aryl methyl sites for hydroxylation is 1. The summed E-state index contributed by atoms with van der Waals surface area (Å²) in [5.74, 6) is -0.865. The molecule has 1 aromatic heterocycles. The molecule has 2 aromatic carbocycles. The zero-order valence-electron chi connectivity index (χ0n) is 15.1. The number of aromatic hydroxyl groups is 1. The highest BCUT2D eigenvalue weighted by molar-refractivity contribution is 7.80. The number of nitrogens with zero attached hydrogens (tertiary/aromatic N) is 1. The van der Waals surface area contributed by atoms with Crippen LogP contribution in [0.25, 0.3) is 10.4 Å². The monoisotopic (exact) mass is 445 g/mol. The standard InChI is InChI=1S/C20H16ClN3O3S2/c1-11-8-13(4-7-16(11)21)18-17(25)14(10-29-18)9-22-24-20(28)23-15-5-2-12(3-6-15)19(26)27/h2-10,25H,1H3,(H,26,27)(H2,23,24,28)/b22-9+. The Morgan fingerprint density at radius 3 is 2.62 bits per heavy atom. The minimum Gasteiger partial charge on any atom is -0.506 e. The summed E-state index contributed by atoms with van der Waals surface area (Å²) < 4.78 is 0. The smallest absolute Gasteiger partial charge is 0.335 e. The fraction of sp³-hybridized carbons (Fsp3) is 0.0500. The van der Waals surface area contributed by atoms with Crippen LogP contribution < -0.4 is 10.7 Å². The van der Waals surface area contributed by atoms with Crippen LogP contribution >= 0.6 is 35.2 Å². The number of rotatable bonds is 5. The molecular formula is C20H16ClN3O3S2. The first-order valence-electron chi connectivity index (χ1n) is 8.35. The van der Waals surface area contributed by atoms with E-state index in [1.807, 2.05) is 19.1 Å². The van der Waals surface area contributed by atoms with Crippen LogP contribution in [0.3, 0.4) is 0 Å². The van der Waals surface area contributed by atoms with Crippen molar-refractivity contribution in [1.29, 1.82) is 0 Å². The molecule has 3 aromatic rings. The number of hydrogen-bond donors (Lipinski definition) is 4. The van der Waals surface area contributed by atoms with Crippen LogP contribution in [-0.2, 0) is 0 Å². The molecule has 0 fully saturated rings. The van der Waals surface area contributed by atoms with Gasteiger partial charge in [0.05, 0.1) is 16.7 Å².